The van der Waals surface area contributed by atoms with Gasteiger partial charge in [0.2, 0.25) is 0 Å². The van der Waals surface area contributed by atoms with Crippen LogP contribution in [-0.4, -0.2) is 16.9 Å². The molecule has 0 aromatic heterocycles. The van der Waals surface area contributed by atoms with Crippen LogP contribution < -0.4 is 0 Å². The van der Waals surface area contributed by atoms with Gasteiger partial charge in [-0.25, -0.2) is 0 Å². The Labute approximate surface area is 96.9 Å². The molecule has 1 unspecified atom stereocenters. The fraction of sp³-hybridized carbons (Fsp3) is 0.231. The van der Waals surface area contributed by atoms with Gasteiger partial charge in [-0.1, -0.05) is 42.5 Å². The fourth-order valence-electron chi connectivity index (χ4n) is 1.68. The molecule has 1 aromatic rings. The Bertz CT molecular complexity index is 459. The van der Waals surface area contributed by atoms with E-state index in [1.165, 1.54) is 12.2 Å². The van der Waals surface area contributed by atoms with Gasteiger partial charge in [-0.05, 0) is 17.2 Å². The molecule has 0 aliphatic heterocycles. The number of halogens is 3. The van der Waals surface area contributed by atoms with Crippen LogP contribution in [-0.2, 0) is 0 Å². The lowest BCUT2D eigenvalue weighted by Crippen LogP contribution is -2.43. The average Bonchev–Trinajstić information content (AvgIpc) is 2.30. The molecule has 0 fully saturated rings. The highest BCUT2D eigenvalue weighted by Crippen LogP contribution is 2.38. The number of hydrogen-bond donors (Lipinski definition) is 1. The second-order valence-corrected chi connectivity index (χ2v) is 3.98. The number of alkyl halides is 3. The molecule has 1 N–H and O–H groups in total. The van der Waals surface area contributed by atoms with Crippen molar-refractivity contribution >= 4 is 5.57 Å². The zero-order chi connectivity index (χ0) is 12.5. The van der Waals surface area contributed by atoms with Crippen LogP contribution in [0.5, 0.6) is 0 Å². The maximum atomic E-state index is 12.5. The molecule has 17 heavy (non-hydrogen) atoms. The van der Waals surface area contributed by atoms with E-state index in [1.54, 1.807) is 0 Å². The fourth-order valence-corrected chi connectivity index (χ4v) is 1.68. The van der Waals surface area contributed by atoms with E-state index in [4.69, 9.17) is 0 Å². The Hall–Kier alpha value is -1.55. The molecule has 90 valence electrons. The number of benzene rings is 1. The molecule has 1 nitrogen and oxygen atoms in total. The van der Waals surface area contributed by atoms with Gasteiger partial charge in [-0.15, -0.1) is 0 Å². The molecule has 1 aliphatic rings. The summed E-state index contributed by atoms with van der Waals surface area (Å²) in [7, 11) is 0. The number of rotatable bonds is 1. The van der Waals surface area contributed by atoms with Gasteiger partial charge in [-0.2, -0.15) is 13.2 Å². The average molecular weight is 240 g/mol. The maximum absolute atomic E-state index is 12.5. The van der Waals surface area contributed by atoms with Crippen molar-refractivity contribution in [3.05, 3.63) is 54.1 Å². The highest BCUT2D eigenvalue weighted by molar-refractivity contribution is 5.75. The minimum Gasteiger partial charge on any atom is -0.376 e. The summed E-state index contributed by atoms with van der Waals surface area (Å²) in [4.78, 5) is 0. The third-order valence-electron chi connectivity index (χ3n) is 2.77. The summed E-state index contributed by atoms with van der Waals surface area (Å²) in [6, 6.07) is 9.09. The SMILES string of the molecule is OC1(C(F)(F)F)C=CC(c2ccccc2)=CC1. The van der Waals surface area contributed by atoms with Crippen LogP contribution in [0.15, 0.2) is 48.6 Å². The van der Waals surface area contributed by atoms with E-state index in [-0.39, 0.29) is 0 Å². The van der Waals surface area contributed by atoms with Crippen LogP contribution >= 0.6 is 0 Å². The van der Waals surface area contributed by atoms with E-state index in [1.807, 2.05) is 30.3 Å². The van der Waals surface area contributed by atoms with Crippen molar-refractivity contribution in [2.75, 3.05) is 0 Å². The van der Waals surface area contributed by atoms with E-state index in [0.717, 1.165) is 11.6 Å². The summed E-state index contributed by atoms with van der Waals surface area (Å²) in [5, 5.41) is 9.42. The summed E-state index contributed by atoms with van der Waals surface area (Å²) in [5.41, 5.74) is -1.20. The summed E-state index contributed by atoms with van der Waals surface area (Å²) < 4.78 is 37.6. The van der Waals surface area contributed by atoms with Crippen molar-refractivity contribution in [3.8, 4) is 0 Å². The van der Waals surface area contributed by atoms with Crippen molar-refractivity contribution in [3.63, 3.8) is 0 Å². The van der Waals surface area contributed by atoms with Crippen molar-refractivity contribution in [1.82, 2.24) is 0 Å². The summed E-state index contributed by atoms with van der Waals surface area (Å²) >= 11 is 0. The first kappa shape index (κ1) is 11.9. The van der Waals surface area contributed by atoms with Gasteiger partial charge in [0.05, 0.1) is 0 Å². The lowest BCUT2D eigenvalue weighted by atomic mass is 9.89. The molecule has 1 aliphatic carbocycles. The molecular weight excluding hydrogens is 229 g/mol. The first-order chi connectivity index (χ1) is 7.92. The van der Waals surface area contributed by atoms with Crippen LogP contribution in [0.3, 0.4) is 0 Å². The quantitative estimate of drug-likeness (QED) is 0.798. The van der Waals surface area contributed by atoms with Crippen molar-refractivity contribution in [2.24, 2.45) is 0 Å². The zero-order valence-electron chi connectivity index (χ0n) is 8.91. The molecule has 0 saturated heterocycles. The molecule has 0 spiro atoms. The summed E-state index contributed by atoms with van der Waals surface area (Å²) in [5.74, 6) is 0. The molecule has 2 rings (SSSR count). The Morgan fingerprint density at radius 2 is 1.76 bits per heavy atom. The van der Waals surface area contributed by atoms with Crippen molar-refractivity contribution in [1.29, 1.82) is 0 Å². The molecule has 0 heterocycles. The largest absolute Gasteiger partial charge is 0.421 e. The molecule has 1 atom stereocenters. The second-order valence-electron chi connectivity index (χ2n) is 3.98. The predicted molar refractivity (Wildman–Crippen MR) is 59.2 cm³/mol. The normalized spacial score (nSPS) is 24.6. The second kappa shape index (κ2) is 4.04. The number of hydrogen-bond acceptors (Lipinski definition) is 1. The first-order valence-corrected chi connectivity index (χ1v) is 5.16. The third kappa shape index (κ3) is 2.26. The predicted octanol–water partition coefficient (Wildman–Crippen LogP) is 3.32. The zero-order valence-corrected chi connectivity index (χ0v) is 8.91. The molecule has 4 heteroatoms. The first-order valence-electron chi connectivity index (χ1n) is 5.16. The standard InChI is InChI=1S/C13H11F3O/c14-13(15,16)12(17)8-6-11(7-9-12)10-4-2-1-3-5-10/h1-8,17H,9H2. The minimum absolute atomic E-state index is 0.447. The summed E-state index contributed by atoms with van der Waals surface area (Å²) in [6.07, 6.45) is -1.55. The van der Waals surface area contributed by atoms with Crippen LogP contribution in [0.4, 0.5) is 13.2 Å². The number of aliphatic hydroxyl groups is 1. The van der Waals surface area contributed by atoms with Gasteiger partial charge in [0.25, 0.3) is 0 Å². The van der Waals surface area contributed by atoms with E-state index >= 15 is 0 Å². The Morgan fingerprint density at radius 3 is 2.24 bits per heavy atom. The van der Waals surface area contributed by atoms with Gasteiger partial charge >= 0.3 is 6.18 Å². The van der Waals surface area contributed by atoms with Crippen molar-refractivity contribution < 1.29 is 18.3 Å². The van der Waals surface area contributed by atoms with Crippen LogP contribution in [0.2, 0.25) is 0 Å². The van der Waals surface area contributed by atoms with E-state index < -0.39 is 18.2 Å². The topological polar surface area (TPSA) is 20.2 Å². The monoisotopic (exact) mass is 240 g/mol. The van der Waals surface area contributed by atoms with Crippen LogP contribution in [0, 0.1) is 0 Å². The molecule has 0 amide bonds. The molecule has 0 bridgehead atoms. The smallest absolute Gasteiger partial charge is 0.376 e. The lowest BCUT2D eigenvalue weighted by molar-refractivity contribution is -0.238. The van der Waals surface area contributed by atoms with Gasteiger partial charge in [-0.3, -0.25) is 0 Å². The molecule has 1 aromatic carbocycles. The Morgan fingerprint density at radius 1 is 1.12 bits per heavy atom. The highest BCUT2D eigenvalue weighted by Gasteiger charge is 2.51. The molecule has 0 radical (unpaired) electrons. The van der Waals surface area contributed by atoms with Gasteiger partial charge < -0.3 is 5.11 Å². The van der Waals surface area contributed by atoms with E-state index in [9.17, 15) is 18.3 Å². The lowest BCUT2D eigenvalue weighted by Gasteiger charge is -2.28. The molecule has 0 saturated carbocycles. The van der Waals surface area contributed by atoms with Crippen LogP contribution in [0.1, 0.15) is 12.0 Å². The Kier molecular flexibility index (Phi) is 2.83. The van der Waals surface area contributed by atoms with Gasteiger partial charge in [0.1, 0.15) is 0 Å². The Balaban J connectivity index is 2.23. The van der Waals surface area contributed by atoms with E-state index in [2.05, 4.69) is 0 Å². The number of allylic oxidation sites excluding steroid dienone is 2. The van der Waals surface area contributed by atoms with E-state index in [0.29, 0.717) is 5.57 Å². The van der Waals surface area contributed by atoms with Gasteiger partial charge in [0.15, 0.2) is 5.60 Å². The van der Waals surface area contributed by atoms with Crippen molar-refractivity contribution in [2.45, 2.75) is 18.2 Å². The van der Waals surface area contributed by atoms with Gasteiger partial charge in [0, 0.05) is 6.42 Å². The summed E-state index contributed by atoms with van der Waals surface area (Å²) in [6.45, 7) is 0. The molecular formula is C13H11F3O. The minimum atomic E-state index is -4.64. The van der Waals surface area contributed by atoms with Crippen LogP contribution in [0.25, 0.3) is 5.57 Å². The maximum Gasteiger partial charge on any atom is 0.421 e. The third-order valence-corrected chi connectivity index (χ3v) is 2.77. The highest BCUT2D eigenvalue weighted by atomic mass is 19.4.